The van der Waals surface area contributed by atoms with Crippen molar-refractivity contribution >= 4 is 0 Å². The van der Waals surface area contributed by atoms with Crippen LogP contribution in [0.5, 0.6) is 0 Å². The average molecular weight is 254 g/mol. The van der Waals surface area contributed by atoms with Gasteiger partial charge in [0.05, 0.1) is 0 Å². The standard InChI is InChI=1S/C16H34N2/c1-15(2,3)8-10-17-11-14-18-12-6-7-16(4,5)9-13-18/h17H,6-14H2,1-5H3. The van der Waals surface area contributed by atoms with Gasteiger partial charge in [0.1, 0.15) is 0 Å². The molecule has 1 saturated heterocycles. The van der Waals surface area contributed by atoms with Crippen LogP contribution in [0.3, 0.4) is 0 Å². The predicted molar refractivity (Wildman–Crippen MR) is 81.0 cm³/mol. The van der Waals surface area contributed by atoms with Gasteiger partial charge in [0.15, 0.2) is 0 Å². The first-order chi connectivity index (χ1) is 8.29. The molecule has 0 amide bonds. The van der Waals surface area contributed by atoms with Crippen molar-refractivity contribution in [2.24, 2.45) is 10.8 Å². The summed E-state index contributed by atoms with van der Waals surface area (Å²) in [7, 11) is 0. The van der Waals surface area contributed by atoms with Crippen LogP contribution >= 0.6 is 0 Å². The molecule has 0 spiro atoms. The first kappa shape index (κ1) is 16.0. The van der Waals surface area contributed by atoms with Gasteiger partial charge in [0.2, 0.25) is 0 Å². The molecule has 2 heteroatoms. The molecule has 0 unspecified atom stereocenters. The second kappa shape index (κ2) is 6.91. The topological polar surface area (TPSA) is 15.3 Å². The van der Waals surface area contributed by atoms with E-state index in [0.29, 0.717) is 10.8 Å². The van der Waals surface area contributed by atoms with E-state index in [4.69, 9.17) is 0 Å². The molecule has 108 valence electrons. The van der Waals surface area contributed by atoms with E-state index in [2.05, 4.69) is 44.8 Å². The van der Waals surface area contributed by atoms with Gasteiger partial charge in [-0.05, 0) is 56.1 Å². The number of hydrogen-bond acceptors (Lipinski definition) is 2. The monoisotopic (exact) mass is 254 g/mol. The number of likely N-dealkylation sites (tertiary alicyclic amines) is 1. The van der Waals surface area contributed by atoms with Crippen LogP contribution in [0.25, 0.3) is 0 Å². The molecule has 18 heavy (non-hydrogen) atoms. The van der Waals surface area contributed by atoms with E-state index in [0.717, 1.165) is 13.1 Å². The molecule has 0 aliphatic carbocycles. The second-order valence-electron chi connectivity index (χ2n) is 7.92. The summed E-state index contributed by atoms with van der Waals surface area (Å²) >= 11 is 0. The van der Waals surface area contributed by atoms with E-state index in [1.807, 2.05) is 0 Å². The van der Waals surface area contributed by atoms with Gasteiger partial charge < -0.3 is 10.2 Å². The molecule has 0 aromatic carbocycles. The van der Waals surface area contributed by atoms with E-state index in [9.17, 15) is 0 Å². The Morgan fingerprint density at radius 2 is 1.78 bits per heavy atom. The van der Waals surface area contributed by atoms with Gasteiger partial charge in [-0.25, -0.2) is 0 Å². The van der Waals surface area contributed by atoms with Gasteiger partial charge >= 0.3 is 0 Å². The molecule has 1 aliphatic rings. The number of hydrogen-bond donors (Lipinski definition) is 1. The minimum atomic E-state index is 0.458. The van der Waals surface area contributed by atoms with Crippen LogP contribution in [-0.4, -0.2) is 37.6 Å². The molecule has 1 fully saturated rings. The minimum absolute atomic E-state index is 0.458. The van der Waals surface area contributed by atoms with Gasteiger partial charge in [-0.1, -0.05) is 34.6 Å². The van der Waals surface area contributed by atoms with Gasteiger partial charge in [0, 0.05) is 13.1 Å². The van der Waals surface area contributed by atoms with E-state index in [-0.39, 0.29) is 0 Å². The summed E-state index contributed by atoms with van der Waals surface area (Å²) in [6.45, 7) is 17.9. The maximum Gasteiger partial charge on any atom is 0.0107 e. The molecule has 0 saturated carbocycles. The molecule has 0 aromatic rings. The van der Waals surface area contributed by atoms with E-state index in [1.165, 1.54) is 45.3 Å². The summed E-state index contributed by atoms with van der Waals surface area (Å²) in [5.74, 6) is 0. The Labute approximate surface area is 115 Å². The van der Waals surface area contributed by atoms with Crippen LogP contribution in [0.4, 0.5) is 0 Å². The van der Waals surface area contributed by atoms with Crippen molar-refractivity contribution in [3.05, 3.63) is 0 Å². The fraction of sp³-hybridized carbons (Fsp3) is 1.00. The van der Waals surface area contributed by atoms with Crippen molar-refractivity contribution in [3.63, 3.8) is 0 Å². The summed E-state index contributed by atoms with van der Waals surface area (Å²) < 4.78 is 0. The Morgan fingerprint density at radius 1 is 1.06 bits per heavy atom. The number of nitrogens with one attached hydrogen (secondary N) is 1. The summed E-state index contributed by atoms with van der Waals surface area (Å²) in [4.78, 5) is 2.64. The molecular formula is C16H34N2. The van der Waals surface area contributed by atoms with Crippen LogP contribution in [0.2, 0.25) is 0 Å². The van der Waals surface area contributed by atoms with Gasteiger partial charge in [-0.3, -0.25) is 0 Å². The lowest BCUT2D eigenvalue weighted by molar-refractivity contribution is 0.260. The van der Waals surface area contributed by atoms with Crippen LogP contribution in [0, 0.1) is 10.8 Å². The average Bonchev–Trinajstić information content (AvgIpc) is 2.38. The van der Waals surface area contributed by atoms with Crippen LogP contribution in [0.15, 0.2) is 0 Å². The zero-order valence-electron chi connectivity index (χ0n) is 13.3. The molecule has 0 aromatic heterocycles. The maximum atomic E-state index is 3.59. The summed E-state index contributed by atoms with van der Waals surface area (Å²) in [6.07, 6.45) is 5.38. The van der Waals surface area contributed by atoms with Crippen molar-refractivity contribution in [2.75, 3.05) is 32.7 Å². The maximum absolute atomic E-state index is 3.59. The van der Waals surface area contributed by atoms with Crippen molar-refractivity contribution < 1.29 is 0 Å². The fourth-order valence-corrected chi connectivity index (χ4v) is 2.53. The first-order valence-electron chi connectivity index (χ1n) is 7.72. The van der Waals surface area contributed by atoms with Gasteiger partial charge in [-0.2, -0.15) is 0 Å². The molecule has 0 radical (unpaired) electrons. The SMILES string of the molecule is CC(C)(C)CCNCCN1CCCC(C)(C)CC1. The summed E-state index contributed by atoms with van der Waals surface area (Å²) in [5, 5.41) is 3.59. The minimum Gasteiger partial charge on any atom is -0.315 e. The Balaban J connectivity index is 2.09. The van der Waals surface area contributed by atoms with Crippen LogP contribution < -0.4 is 5.32 Å². The number of rotatable bonds is 5. The lowest BCUT2D eigenvalue weighted by atomic mass is 9.85. The molecule has 1 N–H and O–H groups in total. The molecule has 0 atom stereocenters. The van der Waals surface area contributed by atoms with Crippen molar-refractivity contribution in [3.8, 4) is 0 Å². The largest absolute Gasteiger partial charge is 0.315 e. The Bertz CT molecular complexity index is 228. The van der Waals surface area contributed by atoms with Gasteiger partial charge in [0.25, 0.3) is 0 Å². The lowest BCUT2D eigenvalue weighted by Crippen LogP contribution is -2.34. The highest BCUT2D eigenvalue weighted by molar-refractivity contribution is 4.76. The molecule has 2 nitrogen and oxygen atoms in total. The van der Waals surface area contributed by atoms with Crippen LogP contribution in [0.1, 0.15) is 60.3 Å². The molecule has 1 rings (SSSR count). The highest BCUT2D eigenvalue weighted by Gasteiger charge is 2.22. The third kappa shape index (κ3) is 7.38. The van der Waals surface area contributed by atoms with Gasteiger partial charge in [-0.15, -0.1) is 0 Å². The molecular weight excluding hydrogens is 220 g/mol. The Morgan fingerprint density at radius 3 is 2.44 bits per heavy atom. The second-order valence-corrected chi connectivity index (χ2v) is 7.92. The molecule has 0 bridgehead atoms. The summed E-state index contributed by atoms with van der Waals surface area (Å²) in [6, 6.07) is 0. The van der Waals surface area contributed by atoms with E-state index >= 15 is 0 Å². The first-order valence-corrected chi connectivity index (χ1v) is 7.72. The van der Waals surface area contributed by atoms with Crippen LogP contribution in [-0.2, 0) is 0 Å². The third-order valence-corrected chi connectivity index (χ3v) is 4.09. The van der Waals surface area contributed by atoms with Crippen molar-refractivity contribution in [1.29, 1.82) is 0 Å². The van der Waals surface area contributed by atoms with E-state index < -0.39 is 0 Å². The highest BCUT2D eigenvalue weighted by atomic mass is 15.1. The fourth-order valence-electron chi connectivity index (χ4n) is 2.53. The normalized spacial score (nSPS) is 21.8. The molecule has 1 heterocycles. The Kier molecular flexibility index (Phi) is 6.13. The lowest BCUT2D eigenvalue weighted by Gasteiger charge is -2.23. The van der Waals surface area contributed by atoms with E-state index in [1.54, 1.807) is 0 Å². The predicted octanol–water partition coefficient (Wildman–Crippen LogP) is 3.52. The summed E-state index contributed by atoms with van der Waals surface area (Å²) in [5.41, 5.74) is 1.02. The smallest absolute Gasteiger partial charge is 0.0107 e. The zero-order valence-corrected chi connectivity index (χ0v) is 13.3. The van der Waals surface area contributed by atoms with Crippen molar-refractivity contribution in [2.45, 2.75) is 60.3 Å². The third-order valence-electron chi connectivity index (χ3n) is 4.09. The van der Waals surface area contributed by atoms with Crippen molar-refractivity contribution in [1.82, 2.24) is 10.2 Å². The molecule has 1 aliphatic heterocycles. The Hall–Kier alpha value is -0.0800. The zero-order chi connectivity index (χ0) is 13.6. The number of nitrogens with zero attached hydrogens (tertiary/aromatic N) is 1. The quantitative estimate of drug-likeness (QED) is 0.755. The highest BCUT2D eigenvalue weighted by Crippen LogP contribution is 2.29.